The molecule has 3 aromatic rings. The van der Waals surface area contributed by atoms with Crippen molar-refractivity contribution in [2.24, 2.45) is 5.73 Å². The highest BCUT2D eigenvalue weighted by atomic mass is 16.2. The largest absolute Gasteiger partial charge is 0.366 e. The van der Waals surface area contributed by atoms with Crippen molar-refractivity contribution in [2.75, 3.05) is 30.9 Å². The lowest BCUT2D eigenvalue weighted by molar-refractivity contribution is 0.0982. The molecule has 0 spiro atoms. The summed E-state index contributed by atoms with van der Waals surface area (Å²) >= 11 is 0. The van der Waals surface area contributed by atoms with Gasteiger partial charge in [-0.1, -0.05) is 24.3 Å². The molecule has 174 valence electrons. The number of hydrogen-bond donors (Lipinski definition) is 2. The van der Waals surface area contributed by atoms with Crippen molar-refractivity contribution in [3.8, 4) is 0 Å². The van der Waals surface area contributed by atoms with Crippen LogP contribution in [0, 0.1) is 0 Å². The Morgan fingerprint density at radius 2 is 1.62 bits per heavy atom. The summed E-state index contributed by atoms with van der Waals surface area (Å²) in [6.45, 7) is 0.648. The van der Waals surface area contributed by atoms with Crippen molar-refractivity contribution in [1.29, 1.82) is 0 Å². The van der Waals surface area contributed by atoms with Crippen molar-refractivity contribution in [3.63, 3.8) is 0 Å². The summed E-state index contributed by atoms with van der Waals surface area (Å²) in [4.78, 5) is 41.4. The van der Waals surface area contributed by atoms with Crippen LogP contribution < -0.4 is 16.0 Å². The highest BCUT2D eigenvalue weighted by Gasteiger charge is 2.27. The van der Waals surface area contributed by atoms with Gasteiger partial charge in [0.25, 0.3) is 11.8 Å². The molecule has 34 heavy (non-hydrogen) atoms. The highest BCUT2D eigenvalue weighted by Crippen LogP contribution is 2.36. The fraction of sp³-hybridized carbons (Fsp3) is 0.222. The van der Waals surface area contributed by atoms with E-state index in [1.54, 1.807) is 42.5 Å². The van der Waals surface area contributed by atoms with Crippen molar-refractivity contribution >= 4 is 29.1 Å². The third kappa shape index (κ3) is 4.84. The van der Waals surface area contributed by atoms with Gasteiger partial charge >= 0.3 is 0 Å². The lowest BCUT2D eigenvalue weighted by Gasteiger charge is -2.27. The summed E-state index contributed by atoms with van der Waals surface area (Å²) in [5, 5.41) is 2.79. The topological polar surface area (TPSA) is 95.7 Å². The van der Waals surface area contributed by atoms with Crippen molar-refractivity contribution in [2.45, 2.75) is 18.9 Å². The number of benzene rings is 3. The molecular weight excluding hydrogens is 428 g/mol. The second-order valence-corrected chi connectivity index (χ2v) is 8.61. The molecule has 1 aliphatic heterocycles. The highest BCUT2D eigenvalue weighted by molar-refractivity contribution is 6.08. The van der Waals surface area contributed by atoms with E-state index in [0.29, 0.717) is 23.4 Å². The number of para-hydroxylation sites is 1. The Kier molecular flexibility index (Phi) is 6.75. The van der Waals surface area contributed by atoms with Gasteiger partial charge in [0.05, 0.1) is 0 Å². The number of nitrogens with zero attached hydrogens (tertiary/aromatic N) is 2. The molecule has 7 heteroatoms. The van der Waals surface area contributed by atoms with Crippen molar-refractivity contribution in [3.05, 3.63) is 95.1 Å². The van der Waals surface area contributed by atoms with E-state index in [9.17, 15) is 14.4 Å². The third-order valence-corrected chi connectivity index (χ3v) is 6.11. The fourth-order valence-electron chi connectivity index (χ4n) is 4.35. The van der Waals surface area contributed by atoms with E-state index in [2.05, 4.69) is 30.4 Å². The first-order valence-electron chi connectivity index (χ1n) is 11.2. The van der Waals surface area contributed by atoms with Gasteiger partial charge in [-0.2, -0.15) is 0 Å². The van der Waals surface area contributed by atoms with Gasteiger partial charge in [0.15, 0.2) is 0 Å². The summed E-state index contributed by atoms with van der Waals surface area (Å²) < 4.78 is 0. The molecule has 7 nitrogen and oxygen atoms in total. The quantitative estimate of drug-likeness (QED) is 0.605. The number of carbonyl (C=O) groups excluding carboxylic acids is 3. The maximum atomic E-state index is 13.4. The second-order valence-electron chi connectivity index (χ2n) is 8.61. The monoisotopic (exact) mass is 456 g/mol. The van der Waals surface area contributed by atoms with Crippen LogP contribution in [0.4, 0.5) is 11.4 Å². The van der Waals surface area contributed by atoms with E-state index in [0.717, 1.165) is 24.1 Å². The van der Waals surface area contributed by atoms with E-state index in [-0.39, 0.29) is 23.4 Å². The lowest BCUT2D eigenvalue weighted by Crippen LogP contribution is -2.31. The van der Waals surface area contributed by atoms with E-state index < -0.39 is 5.91 Å². The number of rotatable bonds is 5. The maximum absolute atomic E-state index is 13.4. The zero-order chi connectivity index (χ0) is 24.2. The Labute approximate surface area is 199 Å². The fourth-order valence-corrected chi connectivity index (χ4v) is 4.35. The van der Waals surface area contributed by atoms with Gasteiger partial charge in [-0.25, -0.2) is 0 Å². The molecule has 0 aromatic heterocycles. The van der Waals surface area contributed by atoms with Crippen LogP contribution in [0.2, 0.25) is 0 Å². The minimum absolute atomic E-state index is 0.0705. The molecule has 0 saturated heterocycles. The predicted molar refractivity (Wildman–Crippen MR) is 133 cm³/mol. The molecule has 0 radical (unpaired) electrons. The van der Waals surface area contributed by atoms with Gasteiger partial charge < -0.3 is 20.9 Å². The Morgan fingerprint density at radius 1 is 0.912 bits per heavy atom. The summed E-state index contributed by atoms with van der Waals surface area (Å²) in [6, 6.07) is 21.4. The number of fused-ring (bicyclic) bond motifs is 1. The molecule has 3 N–H and O–H groups in total. The van der Waals surface area contributed by atoms with Gasteiger partial charge in [0.2, 0.25) is 5.91 Å². The van der Waals surface area contributed by atoms with Crippen LogP contribution in [0.5, 0.6) is 0 Å². The van der Waals surface area contributed by atoms with Gasteiger partial charge in [0.1, 0.15) is 0 Å². The number of anilines is 2. The number of nitrogens with two attached hydrogens (primary N) is 1. The molecule has 4 rings (SSSR count). The maximum Gasteiger partial charge on any atom is 0.258 e. The number of amides is 3. The SMILES string of the molecule is CN(C)C1CCCN(C(=O)c2ccc(NC(=O)c3cccc(C(N)=O)c3)cc2)c2ccccc21. The molecule has 1 heterocycles. The lowest BCUT2D eigenvalue weighted by atomic mass is 10.0. The van der Waals surface area contributed by atoms with Crippen molar-refractivity contribution in [1.82, 2.24) is 4.90 Å². The predicted octanol–water partition coefficient (Wildman–Crippen LogP) is 4.08. The summed E-state index contributed by atoms with van der Waals surface area (Å²) in [5.74, 6) is -1.03. The average Bonchev–Trinajstić information content (AvgIpc) is 3.04. The van der Waals surface area contributed by atoms with Crippen LogP contribution in [0.25, 0.3) is 0 Å². The smallest absolute Gasteiger partial charge is 0.258 e. The van der Waals surface area contributed by atoms with Gasteiger partial charge in [-0.15, -0.1) is 0 Å². The van der Waals surface area contributed by atoms with Crippen LogP contribution in [0.15, 0.2) is 72.8 Å². The number of primary amides is 1. The van der Waals surface area contributed by atoms with Gasteiger partial charge in [-0.3, -0.25) is 14.4 Å². The van der Waals surface area contributed by atoms with Crippen LogP contribution in [0.3, 0.4) is 0 Å². The number of carbonyl (C=O) groups is 3. The second kappa shape index (κ2) is 9.89. The van der Waals surface area contributed by atoms with Gasteiger partial charge in [0, 0.05) is 40.7 Å². The first-order chi connectivity index (χ1) is 16.3. The molecular formula is C27H28N4O3. The Hall–Kier alpha value is -3.97. The summed E-state index contributed by atoms with van der Waals surface area (Å²) in [5.41, 5.74) is 9.08. The van der Waals surface area contributed by atoms with E-state index >= 15 is 0 Å². The number of hydrogen-bond acceptors (Lipinski definition) is 4. The molecule has 0 fully saturated rings. The van der Waals surface area contributed by atoms with Crippen LogP contribution in [-0.2, 0) is 0 Å². The molecule has 1 unspecified atom stereocenters. The minimum atomic E-state index is -0.593. The molecule has 3 aromatic carbocycles. The van der Waals surface area contributed by atoms with Crippen LogP contribution in [-0.4, -0.2) is 43.3 Å². The normalized spacial score (nSPS) is 15.4. The third-order valence-electron chi connectivity index (χ3n) is 6.11. The summed E-state index contributed by atoms with van der Waals surface area (Å²) in [6.07, 6.45) is 1.89. The van der Waals surface area contributed by atoms with Gasteiger partial charge in [-0.05, 0) is 81.0 Å². The minimum Gasteiger partial charge on any atom is -0.366 e. The Morgan fingerprint density at radius 3 is 2.32 bits per heavy atom. The van der Waals surface area contributed by atoms with E-state index in [1.165, 1.54) is 6.07 Å². The first-order valence-corrected chi connectivity index (χ1v) is 11.2. The van der Waals surface area contributed by atoms with Crippen molar-refractivity contribution < 1.29 is 14.4 Å². The molecule has 1 atom stereocenters. The molecule has 0 saturated carbocycles. The standard InChI is InChI=1S/C27H28N4O3/c1-30(2)23-11-6-16-31(24-10-4-3-9-22(23)24)27(34)18-12-14-21(15-13-18)29-26(33)20-8-5-7-19(17-20)25(28)32/h3-5,7-10,12-15,17,23H,6,11,16H2,1-2H3,(H2,28,32)(H,29,33). The summed E-state index contributed by atoms with van der Waals surface area (Å²) in [7, 11) is 4.13. The Balaban J connectivity index is 1.52. The zero-order valence-electron chi connectivity index (χ0n) is 19.3. The molecule has 3 amide bonds. The first kappa shape index (κ1) is 23.2. The number of nitrogens with one attached hydrogen (secondary N) is 1. The molecule has 0 aliphatic carbocycles. The van der Waals surface area contributed by atoms with E-state index in [1.807, 2.05) is 23.1 Å². The Bertz CT molecular complexity index is 1220. The van der Waals surface area contributed by atoms with E-state index in [4.69, 9.17) is 5.73 Å². The van der Waals surface area contributed by atoms with Crippen LogP contribution in [0.1, 0.15) is 55.5 Å². The zero-order valence-corrected chi connectivity index (χ0v) is 19.3. The molecule has 0 bridgehead atoms. The van der Waals surface area contributed by atoms with Crippen LogP contribution >= 0.6 is 0 Å². The average molecular weight is 457 g/mol. The molecule has 1 aliphatic rings.